The fraction of sp³-hybridized carbons (Fsp3) is 0.444. The van der Waals surface area contributed by atoms with Gasteiger partial charge in [-0.15, -0.1) is 0 Å². The van der Waals surface area contributed by atoms with Gasteiger partial charge in [0.25, 0.3) is 0 Å². The fourth-order valence-electron chi connectivity index (χ4n) is 0.908. The van der Waals surface area contributed by atoms with Crippen molar-refractivity contribution in [3.63, 3.8) is 0 Å². The van der Waals surface area contributed by atoms with Crippen LogP contribution in [-0.2, 0) is 11.3 Å². The highest BCUT2D eigenvalue weighted by Crippen LogP contribution is 2.14. The largest absolute Gasteiger partial charge is 0.489 e. The van der Waals surface area contributed by atoms with Crippen molar-refractivity contribution in [1.82, 2.24) is 4.98 Å². The Bertz CT molecular complexity index is 252. The van der Waals surface area contributed by atoms with E-state index < -0.39 is 0 Å². The van der Waals surface area contributed by atoms with Gasteiger partial charge < -0.3 is 14.6 Å². The molecule has 72 valence electrons. The topological polar surface area (TPSA) is 51.6 Å². The third kappa shape index (κ3) is 3.01. The lowest BCUT2D eigenvalue weighted by molar-refractivity contribution is 0.144. The Labute approximate surface area is 77.1 Å². The van der Waals surface area contributed by atoms with Gasteiger partial charge in [0, 0.05) is 13.3 Å². The zero-order valence-electron chi connectivity index (χ0n) is 7.56. The SMILES string of the molecule is COCCOc1cccnc1CO. The zero-order valence-corrected chi connectivity index (χ0v) is 7.56. The smallest absolute Gasteiger partial charge is 0.143 e. The number of aliphatic hydroxyl groups excluding tert-OH is 1. The van der Waals surface area contributed by atoms with Crippen LogP contribution in [0.2, 0.25) is 0 Å². The number of hydrogen-bond donors (Lipinski definition) is 1. The standard InChI is InChI=1S/C9H13NO3/c1-12-5-6-13-9-3-2-4-10-8(9)7-11/h2-4,11H,5-7H2,1H3. The van der Waals surface area contributed by atoms with Crippen LogP contribution in [0, 0.1) is 0 Å². The third-order valence-corrected chi connectivity index (χ3v) is 1.54. The van der Waals surface area contributed by atoms with Crippen LogP contribution in [0.5, 0.6) is 5.75 Å². The number of aromatic nitrogens is 1. The van der Waals surface area contributed by atoms with Crippen LogP contribution in [0.4, 0.5) is 0 Å². The summed E-state index contributed by atoms with van der Waals surface area (Å²) in [6.45, 7) is 0.887. The van der Waals surface area contributed by atoms with Crippen LogP contribution in [0.1, 0.15) is 5.69 Å². The number of pyridine rings is 1. The van der Waals surface area contributed by atoms with E-state index >= 15 is 0 Å². The van der Waals surface area contributed by atoms with Gasteiger partial charge >= 0.3 is 0 Å². The molecule has 0 aliphatic carbocycles. The third-order valence-electron chi connectivity index (χ3n) is 1.54. The van der Waals surface area contributed by atoms with Crippen LogP contribution in [0.25, 0.3) is 0 Å². The number of nitrogens with zero attached hydrogens (tertiary/aromatic N) is 1. The highest BCUT2D eigenvalue weighted by molar-refractivity contribution is 5.25. The highest BCUT2D eigenvalue weighted by atomic mass is 16.5. The molecule has 1 heterocycles. The van der Waals surface area contributed by atoms with Gasteiger partial charge in [-0.25, -0.2) is 0 Å². The maximum atomic E-state index is 8.90. The highest BCUT2D eigenvalue weighted by Gasteiger charge is 2.01. The summed E-state index contributed by atoms with van der Waals surface area (Å²) >= 11 is 0. The van der Waals surface area contributed by atoms with Crippen molar-refractivity contribution in [1.29, 1.82) is 0 Å². The lowest BCUT2D eigenvalue weighted by Gasteiger charge is -2.07. The summed E-state index contributed by atoms with van der Waals surface area (Å²) in [5.74, 6) is 0.613. The lowest BCUT2D eigenvalue weighted by atomic mass is 10.3. The van der Waals surface area contributed by atoms with Gasteiger partial charge in [0.15, 0.2) is 0 Å². The Morgan fingerprint density at radius 2 is 2.31 bits per heavy atom. The Hall–Kier alpha value is -1.13. The number of hydrogen-bond acceptors (Lipinski definition) is 4. The average Bonchev–Trinajstić information content (AvgIpc) is 2.19. The van der Waals surface area contributed by atoms with Crippen molar-refractivity contribution in [3.05, 3.63) is 24.0 Å². The molecule has 0 aromatic carbocycles. The molecule has 0 aliphatic rings. The first-order valence-corrected chi connectivity index (χ1v) is 4.05. The molecule has 1 aromatic rings. The van der Waals surface area contributed by atoms with E-state index in [9.17, 15) is 0 Å². The molecule has 0 saturated heterocycles. The Morgan fingerprint density at radius 3 is 3.00 bits per heavy atom. The number of aliphatic hydroxyl groups is 1. The molecule has 0 radical (unpaired) electrons. The predicted octanol–water partition coefficient (Wildman–Crippen LogP) is 0.599. The van der Waals surface area contributed by atoms with Crippen LogP contribution in [0.3, 0.4) is 0 Å². The summed E-state index contributed by atoms with van der Waals surface area (Å²) in [6.07, 6.45) is 1.62. The van der Waals surface area contributed by atoms with Gasteiger partial charge in [-0.3, -0.25) is 4.98 Å². The lowest BCUT2D eigenvalue weighted by Crippen LogP contribution is -2.06. The van der Waals surface area contributed by atoms with E-state index in [1.807, 2.05) is 0 Å². The predicted molar refractivity (Wildman–Crippen MR) is 47.5 cm³/mol. The first-order chi connectivity index (χ1) is 6.38. The summed E-state index contributed by atoms with van der Waals surface area (Å²) in [5.41, 5.74) is 0.554. The second kappa shape index (κ2) is 5.50. The molecule has 1 aromatic heterocycles. The number of ether oxygens (including phenoxy) is 2. The Kier molecular flexibility index (Phi) is 4.21. The van der Waals surface area contributed by atoms with E-state index in [0.717, 1.165) is 0 Å². The van der Waals surface area contributed by atoms with Crippen molar-refractivity contribution in [2.75, 3.05) is 20.3 Å². The van der Waals surface area contributed by atoms with Crippen molar-refractivity contribution >= 4 is 0 Å². The summed E-state index contributed by atoms with van der Waals surface area (Å²) < 4.78 is 10.2. The van der Waals surface area contributed by atoms with E-state index in [0.29, 0.717) is 24.7 Å². The number of methoxy groups -OCH3 is 1. The molecule has 1 N–H and O–H groups in total. The van der Waals surface area contributed by atoms with Gasteiger partial charge in [-0.1, -0.05) is 0 Å². The fourth-order valence-corrected chi connectivity index (χ4v) is 0.908. The average molecular weight is 183 g/mol. The molecule has 4 heteroatoms. The first-order valence-electron chi connectivity index (χ1n) is 4.05. The first kappa shape index (κ1) is 9.95. The summed E-state index contributed by atoms with van der Waals surface area (Å²) in [6, 6.07) is 3.54. The van der Waals surface area contributed by atoms with Gasteiger partial charge in [0.1, 0.15) is 18.1 Å². The van der Waals surface area contributed by atoms with Crippen molar-refractivity contribution in [2.24, 2.45) is 0 Å². The van der Waals surface area contributed by atoms with Crippen LogP contribution in [0.15, 0.2) is 18.3 Å². The molecular weight excluding hydrogens is 170 g/mol. The maximum absolute atomic E-state index is 8.90. The second-order valence-electron chi connectivity index (χ2n) is 2.45. The summed E-state index contributed by atoms with van der Waals surface area (Å²) in [7, 11) is 1.61. The molecule has 0 fully saturated rings. The summed E-state index contributed by atoms with van der Waals surface area (Å²) in [5, 5.41) is 8.90. The monoisotopic (exact) mass is 183 g/mol. The van der Waals surface area contributed by atoms with Gasteiger partial charge in [-0.2, -0.15) is 0 Å². The van der Waals surface area contributed by atoms with Gasteiger partial charge in [0.05, 0.1) is 13.2 Å². The minimum absolute atomic E-state index is 0.108. The minimum atomic E-state index is -0.108. The zero-order chi connectivity index (χ0) is 9.52. The molecule has 0 saturated carbocycles. The van der Waals surface area contributed by atoms with Crippen molar-refractivity contribution in [2.45, 2.75) is 6.61 Å². The van der Waals surface area contributed by atoms with Crippen molar-refractivity contribution in [3.8, 4) is 5.75 Å². The van der Waals surface area contributed by atoms with E-state index in [1.54, 1.807) is 25.4 Å². The maximum Gasteiger partial charge on any atom is 0.143 e. The molecule has 0 unspecified atom stereocenters. The Morgan fingerprint density at radius 1 is 1.46 bits per heavy atom. The van der Waals surface area contributed by atoms with E-state index in [1.165, 1.54) is 0 Å². The summed E-state index contributed by atoms with van der Waals surface area (Å²) in [4.78, 5) is 3.96. The molecule has 0 bridgehead atoms. The minimum Gasteiger partial charge on any atom is -0.489 e. The normalized spacial score (nSPS) is 10.0. The van der Waals surface area contributed by atoms with Crippen molar-refractivity contribution < 1.29 is 14.6 Å². The molecule has 13 heavy (non-hydrogen) atoms. The quantitative estimate of drug-likeness (QED) is 0.679. The molecule has 0 aliphatic heterocycles. The van der Waals surface area contributed by atoms with Gasteiger partial charge in [-0.05, 0) is 12.1 Å². The van der Waals surface area contributed by atoms with Crippen LogP contribution >= 0.6 is 0 Å². The van der Waals surface area contributed by atoms with E-state index in [-0.39, 0.29) is 6.61 Å². The molecule has 0 spiro atoms. The van der Waals surface area contributed by atoms with Crippen LogP contribution < -0.4 is 4.74 Å². The van der Waals surface area contributed by atoms with Crippen LogP contribution in [-0.4, -0.2) is 30.4 Å². The molecule has 4 nitrogen and oxygen atoms in total. The molecular formula is C9H13NO3. The molecule has 0 amide bonds. The van der Waals surface area contributed by atoms with E-state index in [4.69, 9.17) is 14.6 Å². The molecule has 1 rings (SSSR count). The molecule has 0 atom stereocenters. The Balaban J connectivity index is 2.54. The second-order valence-corrected chi connectivity index (χ2v) is 2.45. The van der Waals surface area contributed by atoms with Gasteiger partial charge in [0.2, 0.25) is 0 Å². The van der Waals surface area contributed by atoms with E-state index in [2.05, 4.69) is 4.98 Å². The number of rotatable bonds is 5.